The molecule has 2 rings (SSSR count). The lowest BCUT2D eigenvalue weighted by atomic mass is 10.0. The highest BCUT2D eigenvalue weighted by atomic mass is 32.2. The Bertz CT molecular complexity index is 652. The number of amides is 1. The Kier molecular flexibility index (Phi) is 6.27. The second-order valence-electron chi connectivity index (χ2n) is 6.78. The first kappa shape index (κ1) is 18.8. The largest absolute Gasteiger partial charge is 0.497 e. The van der Waals surface area contributed by atoms with Crippen molar-refractivity contribution in [2.45, 2.75) is 39.2 Å². The predicted octanol–water partition coefficient (Wildman–Crippen LogP) is 2.82. The van der Waals surface area contributed by atoms with E-state index in [2.05, 4.69) is 0 Å². The number of benzene rings is 1. The second kappa shape index (κ2) is 8.01. The molecule has 24 heavy (non-hydrogen) atoms. The van der Waals surface area contributed by atoms with Crippen molar-refractivity contribution >= 4 is 15.7 Å². The summed E-state index contributed by atoms with van der Waals surface area (Å²) in [5.41, 5.74) is 1.08. The molecule has 1 unspecified atom stereocenters. The van der Waals surface area contributed by atoms with E-state index < -0.39 is 9.84 Å². The Labute approximate surface area is 144 Å². The summed E-state index contributed by atoms with van der Waals surface area (Å²) in [5.74, 6) is 0.886. The number of hydrogen-bond acceptors (Lipinski definition) is 4. The Hall–Kier alpha value is -1.56. The zero-order valence-electron chi connectivity index (χ0n) is 14.7. The minimum atomic E-state index is -3.16. The van der Waals surface area contributed by atoms with Gasteiger partial charge in [0, 0.05) is 13.0 Å². The lowest BCUT2D eigenvalue weighted by Crippen LogP contribution is -2.32. The lowest BCUT2D eigenvalue weighted by Gasteiger charge is -2.25. The maximum absolute atomic E-state index is 12.5. The smallest absolute Gasteiger partial charge is 0.224 e. The zero-order valence-corrected chi connectivity index (χ0v) is 15.5. The number of carbonyl (C=O) groups excluding carboxylic acids is 1. The summed E-state index contributed by atoms with van der Waals surface area (Å²) < 4.78 is 29.2. The van der Waals surface area contributed by atoms with Crippen LogP contribution in [-0.2, 0) is 14.6 Å². The van der Waals surface area contributed by atoms with Gasteiger partial charge in [0.05, 0.1) is 24.7 Å². The van der Waals surface area contributed by atoms with Crippen LogP contribution in [0.3, 0.4) is 0 Å². The molecule has 134 valence electrons. The van der Waals surface area contributed by atoms with Gasteiger partial charge in [0.1, 0.15) is 5.75 Å². The van der Waals surface area contributed by atoms with Gasteiger partial charge in [0.2, 0.25) is 5.91 Å². The van der Waals surface area contributed by atoms with Gasteiger partial charge in [-0.25, -0.2) is 8.42 Å². The minimum absolute atomic E-state index is 0.0382. The second-order valence-corrected chi connectivity index (χ2v) is 9.01. The van der Waals surface area contributed by atoms with Crippen molar-refractivity contribution in [2.24, 2.45) is 5.92 Å². The highest BCUT2D eigenvalue weighted by molar-refractivity contribution is 7.91. The van der Waals surface area contributed by atoms with E-state index in [9.17, 15) is 13.2 Å². The lowest BCUT2D eigenvalue weighted by molar-refractivity contribution is -0.131. The number of sulfone groups is 1. The van der Waals surface area contributed by atoms with Gasteiger partial charge in [0.25, 0.3) is 0 Å². The monoisotopic (exact) mass is 353 g/mol. The Morgan fingerprint density at radius 1 is 1.29 bits per heavy atom. The first-order valence-corrected chi connectivity index (χ1v) is 10.3. The summed E-state index contributed by atoms with van der Waals surface area (Å²) in [6.07, 6.45) is 1.93. The molecule has 0 aromatic heterocycles. The van der Waals surface area contributed by atoms with Crippen LogP contribution in [0.25, 0.3) is 0 Å². The molecule has 1 aromatic carbocycles. The molecule has 0 bridgehead atoms. The number of likely N-dealkylation sites (tertiary alicyclic amines) is 1. The van der Waals surface area contributed by atoms with E-state index in [1.165, 1.54) is 0 Å². The molecule has 1 aliphatic heterocycles. The van der Waals surface area contributed by atoms with Crippen molar-refractivity contribution < 1.29 is 17.9 Å². The van der Waals surface area contributed by atoms with E-state index in [1.807, 2.05) is 43.0 Å². The van der Waals surface area contributed by atoms with Crippen LogP contribution in [-0.4, -0.2) is 44.4 Å². The third-order valence-electron chi connectivity index (χ3n) is 4.29. The molecule has 6 heteroatoms. The Morgan fingerprint density at radius 3 is 2.54 bits per heavy atom. The van der Waals surface area contributed by atoms with Crippen LogP contribution in [0, 0.1) is 5.92 Å². The highest BCUT2D eigenvalue weighted by Crippen LogP contribution is 2.33. The predicted molar refractivity (Wildman–Crippen MR) is 94.8 cm³/mol. The quantitative estimate of drug-likeness (QED) is 0.756. The minimum Gasteiger partial charge on any atom is -0.497 e. The summed E-state index contributed by atoms with van der Waals surface area (Å²) in [5, 5.41) is 0. The van der Waals surface area contributed by atoms with Crippen LogP contribution >= 0.6 is 0 Å². The van der Waals surface area contributed by atoms with Crippen LogP contribution in [0.1, 0.15) is 44.7 Å². The molecule has 0 spiro atoms. The fourth-order valence-corrected chi connectivity index (χ4v) is 4.88. The average Bonchev–Trinajstić information content (AvgIpc) is 3.01. The van der Waals surface area contributed by atoms with Crippen LogP contribution < -0.4 is 4.74 Å². The van der Waals surface area contributed by atoms with Crippen LogP contribution in [0.5, 0.6) is 5.75 Å². The SMILES string of the molecule is COc1ccc(C2CCCN2C(=O)CCS(=O)(=O)CC(C)C)cc1. The summed E-state index contributed by atoms with van der Waals surface area (Å²) in [6, 6.07) is 7.78. The Balaban J connectivity index is 2.00. The Morgan fingerprint density at radius 2 is 1.96 bits per heavy atom. The molecular formula is C18H27NO4S. The van der Waals surface area contributed by atoms with E-state index in [0.29, 0.717) is 6.54 Å². The normalized spacial score (nSPS) is 18.2. The molecule has 0 aliphatic carbocycles. The van der Waals surface area contributed by atoms with Gasteiger partial charge < -0.3 is 9.64 Å². The number of hydrogen-bond donors (Lipinski definition) is 0. The van der Waals surface area contributed by atoms with Gasteiger partial charge >= 0.3 is 0 Å². The number of rotatable bonds is 7. The third kappa shape index (κ3) is 4.97. The average molecular weight is 353 g/mol. The summed E-state index contributed by atoms with van der Waals surface area (Å²) in [4.78, 5) is 14.3. The third-order valence-corrected chi connectivity index (χ3v) is 6.29. The first-order chi connectivity index (χ1) is 11.3. The summed E-state index contributed by atoms with van der Waals surface area (Å²) in [6.45, 7) is 4.44. The highest BCUT2D eigenvalue weighted by Gasteiger charge is 2.30. The first-order valence-electron chi connectivity index (χ1n) is 8.46. The van der Waals surface area contributed by atoms with Gasteiger partial charge in [-0.2, -0.15) is 0 Å². The zero-order chi connectivity index (χ0) is 17.7. The van der Waals surface area contributed by atoms with E-state index in [1.54, 1.807) is 7.11 Å². The fraction of sp³-hybridized carbons (Fsp3) is 0.611. The van der Waals surface area contributed by atoms with Gasteiger partial charge in [-0.15, -0.1) is 0 Å². The van der Waals surface area contributed by atoms with Gasteiger partial charge in [-0.1, -0.05) is 26.0 Å². The standard InChI is InChI=1S/C18H27NO4S/c1-14(2)13-24(21,22)12-10-18(20)19-11-4-5-17(19)15-6-8-16(23-3)9-7-15/h6-9,14,17H,4-5,10-13H2,1-3H3. The molecule has 0 radical (unpaired) electrons. The maximum Gasteiger partial charge on any atom is 0.224 e. The van der Waals surface area contributed by atoms with E-state index in [-0.39, 0.29) is 35.8 Å². The molecule has 1 aromatic rings. The molecule has 1 atom stereocenters. The molecule has 1 heterocycles. The van der Waals surface area contributed by atoms with Crippen LogP contribution in [0.2, 0.25) is 0 Å². The molecule has 5 nitrogen and oxygen atoms in total. The van der Waals surface area contributed by atoms with Crippen LogP contribution in [0.4, 0.5) is 0 Å². The molecule has 0 N–H and O–H groups in total. The van der Waals surface area contributed by atoms with Gasteiger partial charge in [0.15, 0.2) is 9.84 Å². The van der Waals surface area contributed by atoms with E-state index in [4.69, 9.17) is 4.74 Å². The molecule has 1 fully saturated rings. The van der Waals surface area contributed by atoms with Crippen molar-refractivity contribution in [2.75, 3.05) is 25.2 Å². The molecule has 1 amide bonds. The van der Waals surface area contributed by atoms with Gasteiger partial charge in [-0.05, 0) is 36.5 Å². The summed E-state index contributed by atoms with van der Waals surface area (Å²) >= 11 is 0. The van der Waals surface area contributed by atoms with Crippen molar-refractivity contribution in [1.29, 1.82) is 0 Å². The van der Waals surface area contributed by atoms with E-state index in [0.717, 1.165) is 24.2 Å². The fourth-order valence-electron chi connectivity index (χ4n) is 3.22. The van der Waals surface area contributed by atoms with Crippen molar-refractivity contribution in [3.63, 3.8) is 0 Å². The molecule has 0 saturated carbocycles. The molecule has 1 saturated heterocycles. The van der Waals surface area contributed by atoms with Crippen molar-refractivity contribution in [3.05, 3.63) is 29.8 Å². The molecular weight excluding hydrogens is 326 g/mol. The topological polar surface area (TPSA) is 63.7 Å². The maximum atomic E-state index is 12.5. The van der Waals surface area contributed by atoms with Gasteiger partial charge in [-0.3, -0.25) is 4.79 Å². The number of methoxy groups -OCH3 is 1. The number of carbonyl (C=O) groups is 1. The van der Waals surface area contributed by atoms with Crippen molar-refractivity contribution in [3.8, 4) is 5.75 Å². The number of ether oxygens (including phenoxy) is 1. The van der Waals surface area contributed by atoms with E-state index >= 15 is 0 Å². The number of nitrogens with zero attached hydrogens (tertiary/aromatic N) is 1. The van der Waals surface area contributed by atoms with Crippen LogP contribution in [0.15, 0.2) is 24.3 Å². The molecule has 1 aliphatic rings. The summed E-state index contributed by atoms with van der Waals surface area (Å²) in [7, 11) is -1.54. The van der Waals surface area contributed by atoms with Crippen molar-refractivity contribution in [1.82, 2.24) is 4.90 Å².